The van der Waals surface area contributed by atoms with Crippen LogP contribution in [-0.2, 0) is 9.59 Å². The predicted molar refractivity (Wildman–Crippen MR) is 108 cm³/mol. The Kier molecular flexibility index (Phi) is 5.61. The van der Waals surface area contributed by atoms with Gasteiger partial charge in [-0.15, -0.1) is 0 Å². The molecular weight excluding hydrogens is 346 g/mol. The second kappa shape index (κ2) is 7.74. The highest BCUT2D eigenvalue weighted by Crippen LogP contribution is 2.31. The van der Waals surface area contributed by atoms with Crippen LogP contribution in [0.15, 0.2) is 18.2 Å². The van der Waals surface area contributed by atoms with E-state index in [2.05, 4.69) is 15.6 Å². The minimum Gasteiger partial charge on any atom is -0.326 e. The Labute approximate surface area is 158 Å². The van der Waals surface area contributed by atoms with E-state index >= 15 is 0 Å². The highest BCUT2D eigenvalue weighted by molar-refractivity contribution is 7.22. The molecule has 2 amide bonds. The Bertz CT molecular complexity index is 806. The summed E-state index contributed by atoms with van der Waals surface area (Å²) in [4.78, 5) is 29.3. The van der Waals surface area contributed by atoms with Gasteiger partial charge in [0.05, 0.1) is 10.2 Å². The minimum absolute atomic E-state index is 0.00897. The quantitative estimate of drug-likeness (QED) is 0.757. The molecule has 1 saturated carbocycles. The van der Waals surface area contributed by atoms with Crippen LogP contribution in [0.3, 0.4) is 0 Å². The van der Waals surface area contributed by atoms with Crippen molar-refractivity contribution in [1.29, 1.82) is 0 Å². The third-order valence-electron chi connectivity index (χ3n) is 5.35. The molecule has 1 aromatic heterocycles. The lowest BCUT2D eigenvalue weighted by molar-refractivity contribution is -0.124. The van der Waals surface area contributed by atoms with Crippen LogP contribution in [0.4, 0.5) is 10.8 Å². The van der Waals surface area contributed by atoms with Crippen molar-refractivity contribution in [3.63, 3.8) is 0 Å². The van der Waals surface area contributed by atoms with Gasteiger partial charge in [-0.05, 0) is 37.5 Å². The SMILES string of the molecule is CCC(C)(C)C(=O)Nc1ccc2nc(NC(=O)C3CCCCC3)sc2c1. The Hall–Kier alpha value is -1.95. The van der Waals surface area contributed by atoms with E-state index in [0.29, 0.717) is 5.13 Å². The molecule has 0 atom stereocenters. The summed E-state index contributed by atoms with van der Waals surface area (Å²) in [6.07, 6.45) is 6.22. The summed E-state index contributed by atoms with van der Waals surface area (Å²) in [5, 5.41) is 6.59. The third kappa shape index (κ3) is 4.23. The number of rotatable bonds is 5. The summed E-state index contributed by atoms with van der Waals surface area (Å²) >= 11 is 1.45. The number of nitrogens with one attached hydrogen (secondary N) is 2. The van der Waals surface area contributed by atoms with Gasteiger partial charge in [0.25, 0.3) is 0 Å². The van der Waals surface area contributed by atoms with E-state index in [9.17, 15) is 9.59 Å². The van der Waals surface area contributed by atoms with E-state index < -0.39 is 5.41 Å². The van der Waals surface area contributed by atoms with Gasteiger partial charge in [-0.1, -0.05) is 51.4 Å². The molecule has 140 valence electrons. The molecule has 5 nitrogen and oxygen atoms in total. The first-order chi connectivity index (χ1) is 12.4. The van der Waals surface area contributed by atoms with E-state index in [1.54, 1.807) is 0 Å². The molecular formula is C20H27N3O2S. The minimum atomic E-state index is -0.401. The number of amides is 2. The smallest absolute Gasteiger partial charge is 0.230 e. The van der Waals surface area contributed by atoms with Gasteiger partial charge in [0.1, 0.15) is 0 Å². The zero-order valence-corrected chi connectivity index (χ0v) is 16.5. The molecule has 1 fully saturated rings. The van der Waals surface area contributed by atoms with Crippen molar-refractivity contribution >= 4 is 44.2 Å². The van der Waals surface area contributed by atoms with Crippen LogP contribution in [0.1, 0.15) is 59.3 Å². The molecule has 0 spiro atoms. The van der Waals surface area contributed by atoms with Crippen LogP contribution in [-0.4, -0.2) is 16.8 Å². The Balaban J connectivity index is 1.71. The molecule has 1 aliphatic carbocycles. The maximum Gasteiger partial charge on any atom is 0.230 e. The van der Waals surface area contributed by atoms with Gasteiger partial charge < -0.3 is 10.6 Å². The highest BCUT2D eigenvalue weighted by Gasteiger charge is 2.25. The highest BCUT2D eigenvalue weighted by atomic mass is 32.1. The molecule has 2 aromatic rings. The monoisotopic (exact) mass is 373 g/mol. The molecule has 3 rings (SSSR count). The fourth-order valence-electron chi connectivity index (χ4n) is 3.09. The van der Waals surface area contributed by atoms with Crippen LogP contribution in [0.25, 0.3) is 10.2 Å². The molecule has 1 aliphatic rings. The number of benzene rings is 1. The van der Waals surface area contributed by atoms with Gasteiger partial charge >= 0.3 is 0 Å². The third-order valence-corrected chi connectivity index (χ3v) is 6.28. The molecule has 2 N–H and O–H groups in total. The largest absolute Gasteiger partial charge is 0.326 e. The van der Waals surface area contributed by atoms with E-state index in [4.69, 9.17) is 0 Å². The van der Waals surface area contributed by atoms with Crippen LogP contribution < -0.4 is 10.6 Å². The number of thiazole rings is 1. The number of nitrogens with zero attached hydrogens (tertiary/aromatic N) is 1. The van der Waals surface area contributed by atoms with Gasteiger partial charge in [-0.2, -0.15) is 0 Å². The summed E-state index contributed by atoms with van der Waals surface area (Å²) in [6.45, 7) is 5.88. The molecule has 0 saturated heterocycles. The molecule has 1 aromatic carbocycles. The number of anilines is 2. The van der Waals surface area contributed by atoms with E-state index in [1.807, 2.05) is 39.0 Å². The van der Waals surface area contributed by atoms with E-state index in [-0.39, 0.29) is 17.7 Å². The number of aromatic nitrogens is 1. The van der Waals surface area contributed by atoms with Crippen molar-refractivity contribution in [2.75, 3.05) is 10.6 Å². The maximum atomic E-state index is 12.4. The molecule has 26 heavy (non-hydrogen) atoms. The normalized spacial score (nSPS) is 15.8. The standard InChI is InChI=1S/C20H27N3O2S/c1-4-20(2,3)18(25)21-14-10-11-15-16(12-14)26-19(22-15)23-17(24)13-8-6-5-7-9-13/h10-13H,4-9H2,1-3H3,(H,21,25)(H,22,23,24). The summed E-state index contributed by atoms with van der Waals surface area (Å²) in [6, 6.07) is 5.67. The lowest BCUT2D eigenvalue weighted by Gasteiger charge is -2.21. The summed E-state index contributed by atoms with van der Waals surface area (Å²) < 4.78 is 0.955. The van der Waals surface area contributed by atoms with Gasteiger partial charge in [0, 0.05) is 17.0 Å². The van der Waals surface area contributed by atoms with Gasteiger partial charge in [-0.25, -0.2) is 4.98 Å². The van der Waals surface area contributed by atoms with Crippen molar-refractivity contribution in [3.8, 4) is 0 Å². The summed E-state index contributed by atoms with van der Waals surface area (Å²) in [5.74, 6) is 0.207. The number of fused-ring (bicyclic) bond motifs is 1. The molecule has 0 aliphatic heterocycles. The van der Waals surface area contributed by atoms with Crippen molar-refractivity contribution in [3.05, 3.63) is 18.2 Å². The first kappa shape index (κ1) is 18.8. The molecule has 0 bridgehead atoms. The Morgan fingerprint density at radius 3 is 2.62 bits per heavy atom. The van der Waals surface area contributed by atoms with Gasteiger partial charge in [-0.3, -0.25) is 9.59 Å². The van der Waals surface area contributed by atoms with E-state index in [0.717, 1.165) is 48.0 Å². The number of carbonyl (C=O) groups is 2. The Morgan fingerprint density at radius 1 is 1.19 bits per heavy atom. The Morgan fingerprint density at radius 2 is 1.92 bits per heavy atom. The van der Waals surface area contributed by atoms with Gasteiger partial charge in [0.2, 0.25) is 11.8 Å². The zero-order valence-electron chi connectivity index (χ0n) is 15.7. The number of hydrogen-bond acceptors (Lipinski definition) is 4. The molecule has 6 heteroatoms. The second-order valence-electron chi connectivity index (χ2n) is 7.72. The molecule has 0 radical (unpaired) electrons. The van der Waals surface area contributed by atoms with Crippen molar-refractivity contribution in [1.82, 2.24) is 4.98 Å². The predicted octanol–water partition coefficient (Wildman–Crippen LogP) is 5.19. The van der Waals surface area contributed by atoms with Crippen molar-refractivity contribution < 1.29 is 9.59 Å². The first-order valence-corrected chi connectivity index (χ1v) is 10.2. The lowest BCUT2D eigenvalue weighted by atomic mass is 9.89. The summed E-state index contributed by atoms with van der Waals surface area (Å²) in [5.41, 5.74) is 1.20. The lowest BCUT2D eigenvalue weighted by Crippen LogP contribution is -2.29. The summed E-state index contributed by atoms with van der Waals surface area (Å²) in [7, 11) is 0. The van der Waals surface area contributed by atoms with Crippen molar-refractivity contribution in [2.24, 2.45) is 11.3 Å². The van der Waals surface area contributed by atoms with Gasteiger partial charge in [0.15, 0.2) is 5.13 Å². The zero-order chi connectivity index (χ0) is 18.7. The molecule has 1 heterocycles. The van der Waals surface area contributed by atoms with Crippen LogP contribution in [0.2, 0.25) is 0 Å². The molecule has 0 unspecified atom stereocenters. The number of hydrogen-bond donors (Lipinski definition) is 2. The first-order valence-electron chi connectivity index (χ1n) is 9.42. The fourth-order valence-corrected chi connectivity index (χ4v) is 4.00. The average molecular weight is 374 g/mol. The van der Waals surface area contributed by atoms with E-state index in [1.165, 1.54) is 17.8 Å². The van der Waals surface area contributed by atoms with Crippen LogP contribution in [0, 0.1) is 11.3 Å². The second-order valence-corrected chi connectivity index (χ2v) is 8.75. The van der Waals surface area contributed by atoms with Crippen LogP contribution >= 0.6 is 11.3 Å². The average Bonchev–Trinajstić information content (AvgIpc) is 3.03. The maximum absolute atomic E-state index is 12.4. The van der Waals surface area contributed by atoms with Crippen LogP contribution in [0.5, 0.6) is 0 Å². The fraction of sp³-hybridized carbons (Fsp3) is 0.550. The number of carbonyl (C=O) groups excluding carboxylic acids is 2. The topological polar surface area (TPSA) is 71.1 Å². The van der Waals surface area contributed by atoms with Crippen molar-refractivity contribution in [2.45, 2.75) is 59.3 Å².